The van der Waals surface area contributed by atoms with E-state index in [-0.39, 0.29) is 36.5 Å². The summed E-state index contributed by atoms with van der Waals surface area (Å²) in [7, 11) is 0. The van der Waals surface area contributed by atoms with Gasteiger partial charge in [0.1, 0.15) is 11.9 Å². The molecule has 2 aromatic carbocycles. The van der Waals surface area contributed by atoms with Crippen molar-refractivity contribution in [2.45, 2.75) is 18.9 Å². The minimum absolute atomic E-state index is 0.0718. The number of carbonyl (C=O) groups is 1. The molecule has 2 aromatic rings. The molecule has 0 radical (unpaired) electrons. The Morgan fingerprint density at radius 2 is 2.00 bits per heavy atom. The Kier molecular flexibility index (Phi) is 5.13. The topological polar surface area (TPSA) is 90.7 Å². The van der Waals surface area contributed by atoms with Crippen LogP contribution in [0.3, 0.4) is 0 Å². The fourth-order valence-corrected chi connectivity index (χ4v) is 2.67. The van der Waals surface area contributed by atoms with Gasteiger partial charge in [-0.2, -0.15) is 0 Å². The Balaban J connectivity index is 1.40. The van der Waals surface area contributed by atoms with Crippen molar-refractivity contribution in [3.8, 4) is 11.5 Å². The SMILES string of the molecule is O=C(CCOc1ccccc1[N+](=O)[O-])NCC1Cc2ccccc2O1. The van der Waals surface area contributed by atoms with Crippen molar-refractivity contribution in [2.75, 3.05) is 13.2 Å². The minimum atomic E-state index is -0.509. The second-order valence-corrected chi connectivity index (χ2v) is 5.68. The Morgan fingerprint density at radius 1 is 1.24 bits per heavy atom. The van der Waals surface area contributed by atoms with Crippen LogP contribution in [0.5, 0.6) is 11.5 Å². The second-order valence-electron chi connectivity index (χ2n) is 5.68. The minimum Gasteiger partial charge on any atom is -0.488 e. The Morgan fingerprint density at radius 3 is 2.80 bits per heavy atom. The molecule has 7 heteroatoms. The Hall–Kier alpha value is -3.09. The molecule has 0 aromatic heterocycles. The van der Waals surface area contributed by atoms with Gasteiger partial charge in [-0.1, -0.05) is 30.3 Å². The summed E-state index contributed by atoms with van der Waals surface area (Å²) in [5, 5.41) is 13.7. The molecule has 0 spiro atoms. The lowest BCUT2D eigenvalue weighted by Crippen LogP contribution is -2.35. The first-order chi connectivity index (χ1) is 12.1. The number of benzene rings is 2. The quantitative estimate of drug-likeness (QED) is 0.617. The van der Waals surface area contributed by atoms with Gasteiger partial charge in [0.15, 0.2) is 5.75 Å². The van der Waals surface area contributed by atoms with Crippen molar-refractivity contribution in [1.82, 2.24) is 5.32 Å². The van der Waals surface area contributed by atoms with E-state index in [1.165, 1.54) is 12.1 Å². The Bertz CT molecular complexity index is 753. The predicted octanol–water partition coefficient (Wildman–Crippen LogP) is 2.48. The van der Waals surface area contributed by atoms with Crippen molar-refractivity contribution in [3.63, 3.8) is 0 Å². The fraction of sp³-hybridized carbons (Fsp3) is 0.278. The number of rotatable bonds is 7. The van der Waals surface area contributed by atoms with Crippen LogP contribution < -0.4 is 14.8 Å². The van der Waals surface area contributed by atoms with Crippen molar-refractivity contribution in [3.05, 3.63) is 64.2 Å². The van der Waals surface area contributed by atoms with Gasteiger partial charge >= 0.3 is 5.69 Å². The number of carbonyl (C=O) groups excluding carboxylic acids is 1. The highest BCUT2D eigenvalue weighted by atomic mass is 16.6. The van der Waals surface area contributed by atoms with Crippen molar-refractivity contribution < 1.29 is 19.2 Å². The maximum absolute atomic E-state index is 11.9. The molecule has 1 heterocycles. The Labute approximate surface area is 144 Å². The highest BCUT2D eigenvalue weighted by Gasteiger charge is 2.22. The third-order valence-electron chi connectivity index (χ3n) is 3.89. The third kappa shape index (κ3) is 4.26. The average molecular weight is 342 g/mol. The average Bonchev–Trinajstić information content (AvgIpc) is 3.03. The lowest BCUT2D eigenvalue weighted by molar-refractivity contribution is -0.385. The van der Waals surface area contributed by atoms with E-state index in [0.717, 1.165) is 17.7 Å². The molecule has 1 atom stereocenters. The van der Waals surface area contributed by atoms with E-state index in [9.17, 15) is 14.9 Å². The van der Waals surface area contributed by atoms with Crippen LogP contribution in [0, 0.1) is 10.1 Å². The zero-order valence-electron chi connectivity index (χ0n) is 13.5. The predicted molar refractivity (Wildman–Crippen MR) is 90.8 cm³/mol. The van der Waals surface area contributed by atoms with Crippen LogP contribution in [-0.4, -0.2) is 30.1 Å². The second kappa shape index (κ2) is 7.65. The molecule has 1 N–H and O–H groups in total. The number of nitro benzene ring substituents is 1. The summed E-state index contributed by atoms with van der Waals surface area (Å²) < 4.78 is 11.1. The van der Waals surface area contributed by atoms with Gasteiger partial charge in [-0.05, 0) is 17.7 Å². The van der Waals surface area contributed by atoms with Gasteiger partial charge in [0.2, 0.25) is 5.91 Å². The van der Waals surface area contributed by atoms with Crippen LogP contribution in [0.4, 0.5) is 5.69 Å². The first-order valence-corrected chi connectivity index (χ1v) is 8.01. The first-order valence-electron chi connectivity index (χ1n) is 8.01. The van der Waals surface area contributed by atoms with Crippen molar-refractivity contribution in [1.29, 1.82) is 0 Å². The van der Waals surface area contributed by atoms with Crippen LogP contribution in [0.1, 0.15) is 12.0 Å². The smallest absolute Gasteiger partial charge is 0.310 e. The largest absolute Gasteiger partial charge is 0.488 e. The lowest BCUT2D eigenvalue weighted by Gasteiger charge is -2.12. The number of ether oxygens (including phenoxy) is 2. The number of fused-ring (bicyclic) bond motifs is 1. The van der Waals surface area contributed by atoms with E-state index < -0.39 is 4.92 Å². The first kappa shape index (κ1) is 16.8. The number of para-hydroxylation sites is 3. The van der Waals surface area contributed by atoms with E-state index in [0.29, 0.717) is 6.54 Å². The summed E-state index contributed by atoms with van der Waals surface area (Å²) in [5.41, 5.74) is 1.03. The molecule has 0 bridgehead atoms. The van der Waals surface area contributed by atoms with Gasteiger partial charge in [0, 0.05) is 12.5 Å². The molecule has 1 amide bonds. The highest BCUT2D eigenvalue weighted by Crippen LogP contribution is 2.28. The van der Waals surface area contributed by atoms with E-state index in [1.54, 1.807) is 12.1 Å². The molecule has 1 aliphatic heterocycles. The molecule has 1 aliphatic rings. The van der Waals surface area contributed by atoms with Crippen LogP contribution in [-0.2, 0) is 11.2 Å². The summed E-state index contributed by atoms with van der Waals surface area (Å²) in [4.78, 5) is 22.3. The summed E-state index contributed by atoms with van der Waals surface area (Å²) in [6.07, 6.45) is 0.812. The zero-order valence-corrected chi connectivity index (χ0v) is 13.5. The highest BCUT2D eigenvalue weighted by molar-refractivity contribution is 5.76. The van der Waals surface area contributed by atoms with Crippen LogP contribution in [0.25, 0.3) is 0 Å². The van der Waals surface area contributed by atoms with Gasteiger partial charge in [0.05, 0.1) is 24.5 Å². The number of hydrogen-bond acceptors (Lipinski definition) is 5. The van der Waals surface area contributed by atoms with Gasteiger partial charge in [-0.25, -0.2) is 0 Å². The molecule has 0 aliphatic carbocycles. The monoisotopic (exact) mass is 342 g/mol. The summed E-state index contributed by atoms with van der Waals surface area (Å²) in [6.45, 7) is 0.488. The van der Waals surface area contributed by atoms with Crippen molar-refractivity contribution >= 4 is 11.6 Å². The molecule has 1 unspecified atom stereocenters. The molecular formula is C18H18N2O5. The summed E-state index contributed by atoms with van der Waals surface area (Å²) >= 11 is 0. The van der Waals surface area contributed by atoms with Crippen LogP contribution in [0.15, 0.2) is 48.5 Å². The molecule has 25 heavy (non-hydrogen) atoms. The lowest BCUT2D eigenvalue weighted by atomic mass is 10.1. The van der Waals surface area contributed by atoms with Gasteiger partial charge < -0.3 is 14.8 Å². The van der Waals surface area contributed by atoms with Crippen LogP contribution >= 0.6 is 0 Å². The van der Waals surface area contributed by atoms with Gasteiger partial charge in [0.25, 0.3) is 0 Å². The number of nitro groups is 1. The standard InChI is InChI=1S/C18H18N2O5/c21-18(9-10-24-17-8-4-2-6-15(17)20(22)23)19-12-14-11-13-5-1-3-7-16(13)25-14/h1-8,14H,9-12H2,(H,19,21). The van der Waals surface area contributed by atoms with Crippen LogP contribution in [0.2, 0.25) is 0 Å². The van der Waals surface area contributed by atoms with Gasteiger partial charge in [-0.3, -0.25) is 14.9 Å². The molecule has 0 saturated heterocycles. The molecule has 0 fully saturated rings. The molecular weight excluding hydrogens is 324 g/mol. The van der Waals surface area contributed by atoms with Gasteiger partial charge in [-0.15, -0.1) is 0 Å². The maximum atomic E-state index is 11.9. The molecule has 7 nitrogen and oxygen atoms in total. The maximum Gasteiger partial charge on any atom is 0.310 e. The van der Waals surface area contributed by atoms with Crippen molar-refractivity contribution in [2.24, 2.45) is 0 Å². The van der Waals surface area contributed by atoms with E-state index in [2.05, 4.69) is 5.32 Å². The fourth-order valence-electron chi connectivity index (χ4n) is 2.67. The summed E-state index contributed by atoms with van der Waals surface area (Å²) in [6, 6.07) is 13.9. The third-order valence-corrected chi connectivity index (χ3v) is 3.89. The normalized spacial score (nSPS) is 15.1. The summed E-state index contributed by atoms with van der Waals surface area (Å²) in [5.74, 6) is 0.842. The number of nitrogens with zero attached hydrogens (tertiary/aromatic N) is 1. The van der Waals surface area contributed by atoms with E-state index in [1.807, 2.05) is 24.3 Å². The number of nitrogens with one attached hydrogen (secondary N) is 1. The molecule has 0 saturated carbocycles. The molecule has 130 valence electrons. The van der Waals surface area contributed by atoms with E-state index in [4.69, 9.17) is 9.47 Å². The molecule has 3 rings (SSSR count). The zero-order chi connectivity index (χ0) is 17.6. The number of hydrogen-bond donors (Lipinski definition) is 1. The van der Waals surface area contributed by atoms with E-state index >= 15 is 0 Å². The number of amides is 1.